The Bertz CT molecular complexity index is 532. The molecule has 130 valence electrons. The zero-order valence-corrected chi connectivity index (χ0v) is 13.2. The van der Waals surface area contributed by atoms with Crippen LogP contribution in [0.4, 0.5) is 13.2 Å². The van der Waals surface area contributed by atoms with Crippen molar-refractivity contribution in [1.82, 2.24) is 0 Å². The van der Waals surface area contributed by atoms with Gasteiger partial charge in [0.25, 0.3) is 0 Å². The van der Waals surface area contributed by atoms with Crippen molar-refractivity contribution in [3.05, 3.63) is 0 Å². The summed E-state index contributed by atoms with van der Waals surface area (Å²) in [7, 11) is -4.39. The van der Waals surface area contributed by atoms with Gasteiger partial charge < -0.3 is 18.9 Å². The highest BCUT2D eigenvalue weighted by molar-refractivity contribution is 7.87. The highest BCUT2D eigenvalue weighted by Gasteiger charge is 2.62. The minimum Gasteiger partial charge on any atom is -0.353 e. The molecular weight excluding hydrogens is 333 g/mol. The molecule has 4 atom stereocenters. The van der Waals surface area contributed by atoms with Crippen molar-refractivity contribution in [2.24, 2.45) is 0 Å². The first-order valence-electron chi connectivity index (χ1n) is 6.33. The summed E-state index contributed by atoms with van der Waals surface area (Å²) >= 11 is 0. The minimum atomic E-state index is -5.72. The molecule has 0 aromatic rings. The number of rotatable bonds is 4. The van der Waals surface area contributed by atoms with Crippen molar-refractivity contribution in [3.63, 3.8) is 0 Å². The average molecular weight is 350 g/mol. The quantitative estimate of drug-likeness (QED) is 0.555. The summed E-state index contributed by atoms with van der Waals surface area (Å²) in [5.74, 6) is -1.000. The number of ether oxygens (including phenoxy) is 4. The van der Waals surface area contributed by atoms with E-state index in [4.69, 9.17) is 18.9 Å². The van der Waals surface area contributed by atoms with Crippen LogP contribution in [0.3, 0.4) is 0 Å². The fraction of sp³-hybridized carbons (Fsp3) is 1.00. The van der Waals surface area contributed by atoms with Crippen LogP contribution in [0.25, 0.3) is 0 Å². The molecule has 0 unspecified atom stereocenters. The number of hydrogen-bond acceptors (Lipinski definition) is 7. The Kier molecular flexibility index (Phi) is 4.29. The zero-order chi connectivity index (χ0) is 17.0. The van der Waals surface area contributed by atoms with Crippen molar-refractivity contribution in [2.45, 2.75) is 56.2 Å². The van der Waals surface area contributed by atoms with Gasteiger partial charge in [-0.15, -0.1) is 0 Å². The van der Waals surface area contributed by atoms with Crippen molar-refractivity contribution in [1.29, 1.82) is 0 Å². The second-order valence-corrected chi connectivity index (χ2v) is 7.32. The van der Waals surface area contributed by atoms with Gasteiger partial charge in [0, 0.05) is 7.11 Å². The predicted octanol–water partition coefficient (Wildman–Crippen LogP) is 1.13. The molecule has 11 heteroatoms. The Hall–Kier alpha value is -0.460. The summed E-state index contributed by atoms with van der Waals surface area (Å²) in [5.41, 5.74) is -6.98. The summed E-state index contributed by atoms with van der Waals surface area (Å²) in [5, 5.41) is 0. The van der Waals surface area contributed by atoms with Crippen molar-refractivity contribution in [3.8, 4) is 0 Å². The molecule has 0 spiro atoms. The van der Waals surface area contributed by atoms with Crippen molar-refractivity contribution >= 4 is 10.1 Å². The SMILES string of the molecule is CO[C@@H]1O[C@](C)(COS(=O)(=O)C(F)(F)F)[C@H]2OC(C)(C)O[C@@H]12. The van der Waals surface area contributed by atoms with Gasteiger partial charge in [-0.2, -0.15) is 21.6 Å². The van der Waals surface area contributed by atoms with E-state index in [1.54, 1.807) is 13.8 Å². The minimum absolute atomic E-state index is 0.706. The molecule has 2 rings (SSSR count). The predicted molar refractivity (Wildman–Crippen MR) is 65.0 cm³/mol. The Labute approximate surface area is 125 Å². The van der Waals surface area contributed by atoms with Gasteiger partial charge in [-0.05, 0) is 20.8 Å². The number of fused-ring (bicyclic) bond motifs is 1. The van der Waals surface area contributed by atoms with Crippen molar-refractivity contribution in [2.75, 3.05) is 13.7 Å². The fourth-order valence-corrected chi connectivity index (χ4v) is 2.94. The van der Waals surface area contributed by atoms with Gasteiger partial charge in [0.05, 0.1) is 6.61 Å². The van der Waals surface area contributed by atoms with Gasteiger partial charge in [0.2, 0.25) is 0 Å². The van der Waals surface area contributed by atoms with E-state index in [1.807, 2.05) is 0 Å². The lowest BCUT2D eigenvalue weighted by Gasteiger charge is -2.30. The summed E-state index contributed by atoms with van der Waals surface area (Å²) in [4.78, 5) is 0. The molecule has 2 saturated heterocycles. The molecule has 0 aromatic heterocycles. The average Bonchev–Trinajstić information content (AvgIpc) is 2.80. The van der Waals surface area contributed by atoms with Crippen LogP contribution >= 0.6 is 0 Å². The second-order valence-electron chi connectivity index (χ2n) is 5.72. The molecule has 2 aliphatic heterocycles. The Morgan fingerprint density at radius 1 is 1.14 bits per heavy atom. The van der Waals surface area contributed by atoms with Gasteiger partial charge in [-0.1, -0.05) is 0 Å². The van der Waals surface area contributed by atoms with Gasteiger partial charge in [-0.25, -0.2) is 0 Å². The molecule has 22 heavy (non-hydrogen) atoms. The van der Waals surface area contributed by atoms with Gasteiger partial charge in [0.15, 0.2) is 12.1 Å². The summed E-state index contributed by atoms with van der Waals surface area (Å²) in [6.07, 6.45) is -2.45. The van der Waals surface area contributed by atoms with E-state index >= 15 is 0 Å². The monoisotopic (exact) mass is 350 g/mol. The topological polar surface area (TPSA) is 80.3 Å². The molecule has 0 bridgehead atoms. The van der Waals surface area contributed by atoms with Crippen LogP contribution in [-0.2, 0) is 33.2 Å². The maximum atomic E-state index is 12.3. The van der Waals surface area contributed by atoms with Crippen LogP contribution in [-0.4, -0.2) is 57.5 Å². The zero-order valence-electron chi connectivity index (χ0n) is 12.3. The molecule has 0 radical (unpaired) electrons. The standard InChI is InChI=1S/C11H17F3O7S/c1-9(2)19-6-7(20-9)10(3,21-8(6)17-4)5-18-22(15,16)11(12,13)14/h6-8H,5H2,1-4H3/t6-,7+,8-,10-/m1/s1. The van der Waals surface area contributed by atoms with Crippen molar-refractivity contribution < 1.29 is 44.7 Å². The van der Waals surface area contributed by atoms with Crippen LogP contribution < -0.4 is 0 Å². The molecule has 0 aromatic carbocycles. The van der Waals surface area contributed by atoms with Crippen LogP contribution in [0.15, 0.2) is 0 Å². The van der Waals surface area contributed by atoms with Gasteiger partial charge >= 0.3 is 15.6 Å². The van der Waals surface area contributed by atoms with E-state index in [2.05, 4.69) is 4.18 Å². The molecule has 0 aliphatic carbocycles. The molecule has 2 fully saturated rings. The lowest BCUT2D eigenvalue weighted by atomic mass is 9.99. The van der Waals surface area contributed by atoms with E-state index in [0.29, 0.717) is 0 Å². The molecule has 2 aliphatic rings. The van der Waals surface area contributed by atoms with E-state index in [1.165, 1.54) is 14.0 Å². The maximum Gasteiger partial charge on any atom is 0.523 e. The number of methoxy groups -OCH3 is 1. The second kappa shape index (κ2) is 5.28. The first-order valence-corrected chi connectivity index (χ1v) is 7.74. The third-order valence-electron chi connectivity index (χ3n) is 3.40. The first-order chi connectivity index (χ1) is 9.81. The highest BCUT2D eigenvalue weighted by Crippen LogP contribution is 2.44. The highest BCUT2D eigenvalue weighted by atomic mass is 32.2. The Morgan fingerprint density at radius 3 is 2.23 bits per heavy atom. The lowest BCUT2D eigenvalue weighted by Crippen LogP contribution is -2.46. The third kappa shape index (κ3) is 3.10. The Morgan fingerprint density at radius 2 is 1.73 bits per heavy atom. The fourth-order valence-electron chi connectivity index (χ4n) is 2.42. The molecule has 0 saturated carbocycles. The third-order valence-corrected chi connectivity index (χ3v) is 4.40. The number of alkyl halides is 3. The number of hydrogen-bond donors (Lipinski definition) is 0. The summed E-state index contributed by atoms with van der Waals surface area (Å²) in [6.45, 7) is 3.73. The van der Waals surface area contributed by atoms with Crippen LogP contribution in [0, 0.1) is 0 Å². The molecule has 2 heterocycles. The van der Waals surface area contributed by atoms with Gasteiger partial charge in [0.1, 0.15) is 17.8 Å². The van der Waals surface area contributed by atoms with E-state index in [0.717, 1.165) is 0 Å². The molecule has 7 nitrogen and oxygen atoms in total. The smallest absolute Gasteiger partial charge is 0.353 e. The van der Waals surface area contributed by atoms with E-state index in [9.17, 15) is 21.6 Å². The molecule has 0 N–H and O–H groups in total. The van der Waals surface area contributed by atoms with E-state index in [-0.39, 0.29) is 0 Å². The van der Waals surface area contributed by atoms with Gasteiger partial charge in [-0.3, -0.25) is 4.18 Å². The van der Waals surface area contributed by atoms with Crippen LogP contribution in [0.1, 0.15) is 20.8 Å². The van der Waals surface area contributed by atoms with E-state index < -0.39 is 52.1 Å². The summed E-state index contributed by atoms with van der Waals surface area (Å²) < 4.78 is 84.8. The lowest BCUT2D eigenvalue weighted by molar-refractivity contribution is -0.251. The summed E-state index contributed by atoms with van der Waals surface area (Å²) in [6, 6.07) is 0. The normalized spacial score (nSPS) is 38.2. The molecule has 0 amide bonds. The van der Waals surface area contributed by atoms with Crippen LogP contribution in [0.5, 0.6) is 0 Å². The largest absolute Gasteiger partial charge is 0.523 e. The Balaban J connectivity index is 2.16. The first kappa shape index (κ1) is 17.9. The maximum absolute atomic E-state index is 12.3. The van der Waals surface area contributed by atoms with Crippen LogP contribution in [0.2, 0.25) is 0 Å². The molecular formula is C11H17F3O7S. The number of halogens is 3.